The maximum Gasteiger partial charge on any atom is 0.433 e. The summed E-state index contributed by atoms with van der Waals surface area (Å²) in [5.41, 5.74) is 1.38. The molecule has 0 saturated carbocycles. The van der Waals surface area contributed by atoms with E-state index in [2.05, 4.69) is 10.1 Å². The number of halogens is 3. The topological polar surface area (TPSA) is 50.5 Å². The highest BCUT2D eigenvalue weighted by Gasteiger charge is 2.38. The summed E-state index contributed by atoms with van der Waals surface area (Å²) in [5, 5.41) is 5.60. The van der Waals surface area contributed by atoms with Crippen LogP contribution in [0.1, 0.15) is 28.5 Å². The number of aromatic nitrogens is 3. The Morgan fingerprint density at radius 2 is 1.74 bits per heavy atom. The lowest BCUT2D eigenvalue weighted by Crippen LogP contribution is -2.35. The van der Waals surface area contributed by atoms with Gasteiger partial charge in [-0.1, -0.05) is 60.7 Å². The number of alkyl halides is 3. The van der Waals surface area contributed by atoms with Crippen LogP contribution in [0.2, 0.25) is 0 Å². The molecule has 0 N–H and O–H groups in total. The van der Waals surface area contributed by atoms with Crippen LogP contribution in [0.15, 0.2) is 79.0 Å². The van der Waals surface area contributed by atoms with Crippen molar-refractivity contribution >= 4 is 28.0 Å². The number of hydrogen-bond donors (Lipinski definition) is 0. The molecule has 8 heteroatoms. The molecular weight excluding hydrogens is 453 g/mol. The van der Waals surface area contributed by atoms with Gasteiger partial charge in [-0.25, -0.2) is 9.50 Å². The van der Waals surface area contributed by atoms with Crippen molar-refractivity contribution in [1.29, 1.82) is 0 Å². The van der Waals surface area contributed by atoms with Crippen molar-refractivity contribution in [3.8, 4) is 11.3 Å². The first-order chi connectivity index (χ1) is 16.8. The molecule has 5 nitrogen and oxygen atoms in total. The molecule has 0 bridgehead atoms. The fraction of sp³-hybridized carbons (Fsp3) is 0.148. The Morgan fingerprint density at radius 3 is 2.57 bits per heavy atom. The van der Waals surface area contributed by atoms with Gasteiger partial charge in [0.05, 0.1) is 11.9 Å². The van der Waals surface area contributed by atoms with Crippen LogP contribution in [0, 0.1) is 0 Å². The van der Waals surface area contributed by atoms with Gasteiger partial charge in [0.2, 0.25) is 0 Å². The Bertz CT molecular complexity index is 1620. The summed E-state index contributed by atoms with van der Waals surface area (Å²) in [4.78, 5) is 19.8. The fourth-order valence-electron chi connectivity index (χ4n) is 4.91. The highest BCUT2D eigenvalue weighted by Crippen LogP contribution is 2.37. The minimum Gasteiger partial charge on any atom is -0.305 e. The van der Waals surface area contributed by atoms with Gasteiger partial charge in [0, 0.05) is 17.3 Å². The van der Waals surface area contributed by atoms with E-state index in [1.54, 1.807) is 17.0 Å². The quantitative estimate of drug-likeness (QED) is 0.309. The van der Waals surface area contributed by atoms with Gasteiger partial charge in [-0.2, -0.15) is 18.3 Å². The Balaban J connectivity index is 1.57. The van der Waals surface area contributed by atoms with E-state index in [1.807, 2.05) is 61.5 Å². The summed E-state index contributed by atoms with van der Waals surface area (Å²) >= 11 is 0. The highest BCUT2D eigenvalue weighted by atomic mass is 19.4. The molecule has 1 aliphatic rings. The van der Waals surface area contributed by atoms with E-state index in [1.165, 1.54) is 6.20 Å². The summed E-state index contributed by atoms with van der Waals surface area (Å²) in [6.07, 6.45) is -2.84. The van der Waals surface area contributed by atoms with Gasteiger partial charge in [-0.05, 0) is 41.8 Å². The second-order valence-corrected chi connectivity index (χ2v) is 8.70. The third kappa shape index (κ3) is 3.36. The van der Waals surface area contributed by atoms with E-state index in [-0.39, 0.29) is 22.9 Å². The second kappa shape index (κ2) is 7.66. The number of carbonyl (C=O) groups excluding carboxylic acids is 1. The predicted molar refractivity (Wildman–Crippen MR) is 127 cm³/mol. The first kappa shape index (κ1) is 21.3. The summed E-state index contributed by atoms with van der Waals surface area (Å²) in [5.74, 6) is -0.423. The molecule has 174 valence electrons. The number of nitrogens with zero attached hydrogens (tertiary/aromatic N) is 4. The third-order valence-electron chi connectivity index (χ3n) is 6.48. The van der Waals surface area contributed by atoms with Crippen LogP contribution in [-0.2, 0) is 12.6 Å². The number of carbonyl (C=O) groups is 1. The molecule has 5 aromatic rings. The number of anilines is 1. The van der Waals surface area contributed by atoms with Gasteiger partial charge in [-0.3, -0.25) is 4.79 Å². The largest absolute Gasteiger partial charge is 0.433 e. The van der Waals surface area contributed by atoms with E-state index in [0.717, 1.165) is 28.1 Å². The van der Waals surface area contributed by atoms with Crippen LogP contribution < -0.4 is 4.90 Å². The van der Waals surface area contributed by atoms with Gasteiger partial charge in [0.1, 0.15) is 5.56 Å². The smallest absolute Gasteiger partial charge is 0.305 e. The van der Waals surface area contributed by atoms with Crippen molar-refractivity contribution in [2.45, 2.75) is 25.6 Å². The Hall–Kier alpha value is -4.20. The van der Waals surface area contributed by atoms with Gasteiger partial charge < -0.3 is 4.90 Å². The summed E-state index contributed by atoms with van der Waals surface area (Å²) in [7, 11) is 0. The van der Waals surface area contributed by atoms with Gasteiger partial charge >= 0.3 is 6.18 Å². The van der Waals surface area contributed by atoms with Crippen LogP contribution in [0.5, 0.6) is 0 Å². The zero-order valence-electron chi connectivity index (χ0n) is 18.6. The molecule has 1 aliphatic heterocycles. The van der Waals surface area contributed by atoms with E-state index in [9.17, 15) is 18.0 Å². The van der Waals surface area contributed by atoms with Crippen molar-refractivity contribution in [3.63, 3.8) is 0 Å². The summed E-state index contributed by atoms with van der Waals surface area (Å²) in [6.45, 7) is 1.92. The SMILES string of the molecule is C[C@@H]1Cc2ccccc2N1C(=O)c1cnn2c(C(F)(F)F)cc(-c3cccc4ccccc34)nc12. The zero-order valence-corrected chi connectivity index (χ0v) is 18.6. The molecule has 0 spiro atoms. The van der Waals surface area contributed by atoms with Crippen molar-refractivity contribution in [2.24, 2.45) is 0 Å². The van der Waals surface area contributed by atoms with Gasteiger partial charge in [0.15, 0.2) is 11.3 Å². The summed E-state index contributed by atoms with van der Waals surface area (Å²) < 4.78 is 43.1. The number of rotatable bonds is 2. The maximum absolute atomic E-state index is 14.1. The molecule has 3 heterocycles. The molecule has 0 saturated heterocycles. The molecule has 0 aliphatic carbocycles. The first-order valence-electron chi connectivity index (χ1n) is 11.2. The molecule has 3 aromatic carbocycles. The average molecular weight is 472 g/mol. The number of fused-ring (bicyclic) bond motifs is 3. The van der Waals surface area contributed by atoms with Crippen LogP contribution in [0.3, 0.4) is 0 Å². The highest BCUT2D eigenvalue weighted by molar-refractivity contribution is 6.11. The summed E-state index contributed by atoms with van der Waals surface area (Å²) in [6, 6.07) is 21.2. The molecule has 1 atom stereocenters. The third-order valence-corrected chi connectivity index (χ3v) is 6.48. The van der Waals surface area contributed by atoms with E-state index in [4.69, 9.17) is 0 Å². The Labute approximate surface area is 198 Å². The first-order valence-corrected chi connectivity index (χ1v) is 11.2. The maximum atomic E-state index is 14.1. The van der Waals surface area contributed by atoms with Crippen molar-refractivity contribution < 1.29 is 18.0 Å². The van der Waals surface area contributed by atoms with E-state index >= 15 is 0 Å². The molecule has 35 heavy (non-hydrogen) atoms. The minimum absolute atomic E-state index is 0.0288. The van der Waals surface area contributed by atoms with Crippen LogP contribution in [0.4, 0.5) is 18.9 Å². The fourth-order valence-corrected chi connectivity index (χ4v) is 4.91. The van der Waals surface area contributed by atoms with E-state index in [0.29, 0.717) is 16.5 Å². The van der Waals surface area contributed by atoms with Crippen LogP contribution in [-0.4, -0.2) is 26.5 Å². The molecule has 0 fully saturated rings. The van der Waals surface area contributed by atoms with Gasteiger partial charge in [-0.15, -0.1) is 0 Å². The van der Waals surface area contributed by atoms with Crippen molar-refractivity contribution in [2.75, 3.05) is 4.90 Å². The molecular formula is C27H19F3N4O. The zero-order chi connectivity index (χ0) is 24.3. The van der Waals surface area contributed by atoms with Crippen molar-refractivity contribution in [1.82, 2.24) is 14.6 Å². The molecule has 0 unspecified atom stereocenters. The number of para-hydroxylation sites is 1. The standard InChI is InChI=1S/C27H19F3N4O/c1-16-13-18-8-3-5-12-23(18)33(16)26(35)21-15-31-34-24(27(28,29)30)14-22(32-25(21)34)20-11-6-9-17-7-2-4-10-19(17)20/h2-12,14-16H,13H2,1H3/t16-/m1/s1. The van der Waals surface area contributed by atoms with Crippen molar-refractivity contribution in [3.05, 3.63) is 95.8 Å². The van der Waals surface area contributed by atoms with Gasteiger partial charge in [0.25, 0.3) is 5.91 Å². The molecule has 0 radical (unpaired) electrons. The number of benzene rings is 3. The number of amides is 1. The minimum atomic E-state index is -4.69. The van der Waals surface area contributed by atoms with E-state index < -0.39 is 17.8 Å². The molecule has 1 amide bonds. The second-order valence-electron chi connectivity index (χ2n) is 8.70. The monoisotopic (exact) mass is 472 g/mol. The predicted octanol–water partition coefficient (Wildman–Crippen LogP) is 6.16. The Morgan fingerprint density at radius 1 is 1.00 bits per heavy atom. The van der Waals surface area contributed by atoms with Crippen LogP contribution in [0.25, 0.3) is 27.7 Å². The lowest BCUT2D eigenvalue weighted by molar-refractivity contribution is -0.142. The average Bonchev–Trinajstić information content (AvgIpc) is 3.42. The Kier molecular flexibility index (Phi) is 4.67. The molecule has 6 rings (SSSR count). The molecule has 2 aromatic heterocycles. The lowest BCUT2D eigenvalue weighted by Gasteiger charge is -2.22. The lowest BCUT2D eigenvalue weighted by atomic mass is 10.0. The number of hydrogen-bond acceptors (Lipinski definition) is 3. The van der Waals surface area contributed by atoms with Crippen LogP contribution >= 0.6 is 0 Å². The normalized spacial score (nSPS) is 15.7.